The summed E-state index contributed by atoms with van der Waals surface area (Å²) < 4.78 is 5.70. The van der Waals surface area contributed by atoms with Crippen molar-refractivity contribution in [3.63, 3.8) is 0 Å². The molecule has 0 unspecified atom stereocenters. The van der Waals surface area contributed by atoms with Gasteiger partial charge in [0, 0.05) is 25.1 Å². The van der Waals surface area contributed by atoms with Gasteiger partial charge in [-0.05, 0) is 31.2 Å². The highest BCUT2D eigenvalue weighted by atomic mass is 32.1. The van der Waals surface area contributed by atoms with Crippen molar-refractivity contribution in [2.75, 3.05) is 37.4 Å². The molecule has 21 heavy (non-hydrogen) atoms. The second-order valence-electron chi connectivity index (χ2n) is 5.63. The molecule has 0 aliphatic heterocycles. The number of aromatic nitrogens is 2. The van der Waals surface area contributed by atoms with Crippen LogP contribution in [0.3, 0.4) is 0 Å². The van der Waals surface area contributed by atoms with Crippen molar-refractivity contribution in [3.05, 3.63) is 10.9 Å². The van der Waals surface area contributed by atoms with Crippen molar-refractivity contribution in [2.45, 2.75) is 26.2 Å². The van der Waals surface area contributed by atoms with Gasteiger partial charge in [-0.1, -0.05) is 6.92 Å². The molecule has 3 rings (SSSR count). The number of thiophene rings is 1. The predicted octanol–water partition coefficient (Wildman–Crippen LogP) is 2.70. The molecule has 2 N–H and O–H groups in total. The van der Waals surface area contributed by atoms with Gasteiger partial charge in [-0.25, -0.2) is 4.98 Å². The van der Waals surface area contributed by atoms with Crippen molar-refractivity contribution in [2.24, 2.45) is 5.92 Å². The lowest BCUT2D eigenvalue weighted by molar-refractivity contribution is 0.131. The van der Waals surface area contributed by atoms with E-state index in [0.717, 1.165) is 48.1 Å². The molecular weight excluding hydrogens is 284 g/mol. The monoisotopic (exact) mass is 306 g/mol. The van der Waals surface area contributed by atoms with E-state index in [1.807, 2.05) is 7.05 Å². The summed E-state index contributed by atoms with van der Waals surface area (Å²) in [5.74, 6) is 2.05. The van der Waals surface area contributed by atoms with Gasteiger partial charge in [-0.2, -0.15) is 4.98 Å². The quantitative estimate of drug-likeness (QED) is 0.797. The van der Waals surface area contributed by atoms with Gasteiger partial charge in [0.05, 0.1) is 12.0 Å². The van der Waals surface area contributed by atoms with Crippen LogP contribution in [-0.2, 0) is 11.2 Å². The molecule has 0 bridgehead atoms. The van der Waals surface area contributed by atoms with E-state index in [1.165, 1.54) is 17.7 Å². The van der Waals surface area contributed by atoms with Crippen molar-refractivity contribution in [1.29, 1.82) is 0 Å². The van der Waals surface area contributed by atoms with E-state index in [1.54, 1.807) is 11.3 Å². The minimum atomic E-state index is 0.341. The van der Waals surface area contributed by atoms with E-state index in [0.29, 0.717) is 5.95 Å². The van der Waals surface area contributed by atoms with Crippen LogP contribution in [0, 0.1) is 5.92 Å². The lowest BCUT2D eigenvalue weighted by Gasteiger charge is -2.19. The lowest BCUT2D eigenvalue weighted by Crippen LogP contribution is -2.24. The van der Waals surface area contributed by atoms with Crippen molar-refractivity contribution in [3.8, 4) is 0 Å². The molecule has 2 aromatic heterocycles. The molecule has 2 heterocycles. The van der Waals surface area contributed by atoms with E-state index in [-0.39, 0.29) is 0 Å². The van der Waals surface area contributed by atoms with Gasteiger partial charge in [0.15, 0.2) is 0 Å². The average Bonchev–Trinajstić information content (AvgIpc) is 3.20. The molecule has 1 saturated carbocycles. The summed E-state index contributed by atoms with van der Waals surface area (Å²) in [6.45, 7) is 4.59. The van der Waals surface area contributed by atoms with E-state index in [2.05, 4.69) is 27.9 Å². The van der Waals surface area contributed by atoms with E-state index in [4.69, 9.17) is 10.5 Å². The predicted molar refractivity (Wildman–Crippen MR) is 88.0 cm³/mol. The number of fused-ring (bicyclic) bond motifs is 1. The fourth-order valence-electron chi connectivity index (χ4n) is 2.28. The van der Waals surface area contributed by atoms with Crippen molar-refractivity contribution >= 4 is 33.3 Å². The fraction of sp³-hybridized carbons (Fsp3) is 0.600. The molecule has 6 heteroatoms. The largest absolute Gasteiger partial charge is 0.379 e. The minimum Gasteiger partial charge on any atom is -0.379 e. The van der Waals surface area contributed by atoms with Gasteiger partial charge >= 0.3 is 0 Å². The van der Waals surface area contributed by atoms with Crippen LogP contribution in [0.15, 0.2) is 6.07 Å². The van der Waals surface area contributed by atoms with Crippen molar-refractivity contribution in [1.82, 2.24) is 9.97 Å². The number of rotatable bonds is 7. The summed E-state index contributed by atoms with van der Waals surface area (Å²) in [5.41, 5.74) is 5.84. The molecule has 5 nitrogen and oxygen atoms in total. The summed E-state index contributed by atoms with van der Waals surface area (Å²) in [6, 6.07) is 2.18. The molecule has 0 amide bonds. The summed E-state index contributed by atoms with van der Waals surface area (Å²) in [5, 5.41) is 1.09. The number of nitrogens with zero attached hydrogens (tertiary/aromatic N) is 3. The lowest BCUT2D eigenvalue weighted by atomic mass is 10.3. The van der Waals surface area contributed by atoms with Gasteiger partial charge in [0.2, 0.25) is 5.95 Å². The van der Waals surface area contributed by atoms with Gasteiger partial charge in [0.1, 0.15) is 10.6 Å². The zero-order chi connectivity index (χ0) is 14.8. The molecule has 1 aliphatic carbocycles. The third-order valence-corrected chi connectivity index (χ3v) is 4.95. The normalized spacial score (nSPS) is 14.8. The maximum absolute atomic E-state index is 5.84. The van der Waals surface area contributed by atoms with Crippen LogP contribution in [0.1, 0.15) is 24.6 Å². The number of nitrogens with two attached hydrogens (primary N) is 1. The zero-order valence-electron chi connectivity index (χ0n) is 12.6. The Hall–Kier alpha value is -1.40. The maximum Gasteiger partial charge on any atom is 0.223 e. The Morgan fingerprint density at radius 1 is 1.43 bits per heavy atom. The Labute approximate surface area is 129 Å². The summed E-state index contributed by atoms with van der Waals surface area (Å²) >= 11 is 1.69. The molecule has 0 saturated heterocycles. The Kier molecular flexibility index (Phi) is 4.26. The first kappa shape index (κ1) is 14.5. The Bertz CT molecular complexity index is 623. The van der Waals surface area contributed by atoms with Crippen LogP contribution in [0.4, 0.5) is 11.8 Å². The molecule has 114 valence electrons. The number of hydrogen-bond donors (Lipinski definition) is 1. The highest BCUT2D eigenvalue weighted by molar-refractivity contribution is 7.18. The van der Waals surface area contributed by atoms with Crippen molar-refractivity contribution < 1.29 is 4.74 Å². The molecule has 1 fully saturated rings. The van der Waals surface area contributed by atoms with Crippen LogP contribution in [0.25, 0.3) is 10.2 Å². The topological polar surface area (TPSA) is 64.3 Å². The average molecular weight is 306 g/mol. The molecule has 2 aromatic rings. The first-order valence-electron chi connectivity index (χ1n) is 7.52. The molecule has 0 aromatic carbocycles. The maximum atomic E-state index is 5.84. The second kappa shape index (κ2) is 6.15. The van der Waals surface area contributed by atoms with Crippen LogP contribution >= 0.6 is 11.3 Å². The first-order valence-corrected chi connectivity index (χ1v) is 8.34. The highest BCUT2D eigenvalue weighted by Gasteiger charge is 2.21. The molecular formula is C15H22N4OS. The number of aryl methyl sites for hydroxylation is 1. The summed E-state index contributed by atoms with van der Waals surface area (Å²) in [6.07, 6.45) is 3.66. The molecule has 1 aliphatic rings. The van der Waals surface area contributed by atoms with Crippen LogP contribution < -0.4 is 10.6 Å². The highest BCUT2D eigenvalue weighted by Crippen LogP contribution is 2.31. The van der Waals surface area contributed by atoms with E-state index >= 15 is 0 Å². The first-order chi connectivity index (χ1) is 10.2. The smallest absolute Gasteiger partial charge is 0.223 e. The Morgan fingerprint density at radius 2 is 2.24 bits per heavy atom. The zero-order valence-corrected chi connectivity index (χ0v) is 13.4. The van der Waals surface area contributed by atoms with E-state index in [9.17, 15) is 0 Å². The molecule has 0 radical (unpaired) electrons. The Balaban J connectivity index is 1.72. The molecule has 0 spiro atoms. The van der Waals surface area contributed by atoms with E-state index < -0.39 is 0 Å². The SMILES string of the molecule is CCc1cc2c(N(C)CCOCC3CC3)nc(N)nc2s1. The minimum absolute atomic E-state index is 0.341. The second-order valence-corrected chi connectivity index (χ2v) is 6.75. The number of ether oxygens (including phenoxy) is 1. The Morgan fingerprint density at radius 3 is 2.95 bits per heavy atom. The van der Waals surface area contributed by atoms with Gasteiger partial charge in [-0.3, -0.25) is 0 Å². The number of likely N-dealkylation sites (N-methyl/N-ethyl adjacent to an activating group) is 1. The number of anilines is 2. The van der Waals surface area contributed by atoms with Gasteiger partial charge < -0.3 is 15.4 Å². The third kappa shape index (κ3) is 3.44. The third-order valence-electron chi connectivity index (χ3n) is 3.77. The standard InChI is InChI=1S/C15H22N4OS/c1-3-11-8-12-13(17-15(16)18-14(12)21-11)19(2)6-7-20-9-10-4-5-10/h8,10H,3-7,9H2,1-2H3,(H2,16,17,18). The molecule has 0 atom stereocenters. The summed E-state index contributed by atoms with van der Waals surface area (Å²) in [7, 11) is 2.03. The number of hydrogen-bond acceptors (Lipinski definition) is 6. The van der Waals surface area contributed by atoms with Crippen LogP contribution in [0.2, 0.25) is 0 Å². The summed E-state index contributed by atoms with van der Waals surface area (Å²) in [4.78, 5) is 13.2. The van der Waals surface area contributed by atoms with Crippen LogP contribution in [-0.4, -0.2) is 36.8 Å². The van der Waals surface area contributed by atoms with Crippen LogP contribution in [0.5, 0.6) is 0 Å². The van der Waals surface area contributed by atoms with Gasteiger partial charge in [-0.15, -0.1) is 11.3 Å². The number of nitrogen functional groups attached to an aromatic ring is 1. The fourth-order valence-corrected chi connectivity index (χ4v) is 3.25. The van der Waals surface area contributed by atoms with Gasteiger partial charge in [0.25, 0.3) is 0 Å².